The first kappa shape index (κ1) is 20.1. The Bertz CT molecular complexity index is 759. The third-order valence-corrected chi connectivity index (χ3v) is 8.62. The van der Waals surface area contributed by atoms with Gasteiger partial charge in [-0.2, -0.15) is 0 Å². The summed E-state index contributed by atoms with van der Waals surface area (Å²) >= 11 is 0. The lowest BCUT2D eigenvalue weighted by Gasteiger charge is -2.28. The van der Waals surface area contributed by atoms with Crippen molar-refractivity contribution in [2.24, 2.45) is 0 Å². The van der Waals surface area contributed by atoms with Gasteiger partial charge in [0.25, 0.3) is 0 Å². The van der Waals surface area contributed by atoms with E-state index in [1.165, 1.54) is 55.6 Å². The molecule has 0 aliphatic carbocycles. The molecule has 0 nitrogen and oxygen atoms in total. The second-order valence-corrected chi connectivity index (χ2v) is 10.5. The number of halogens is 4. The van der Waals surface area contributed by atoms with Gasteiger partial charge in [0.2, 0.25) is 0 Å². The van der Waals surface area contributed by atoms with Crippen molar-refractivity contribution >= 4 is 8.80 Å². The fraction of sp³-hybridized carbons (Fsp3) is 0.455. The van der Waals surface area contributed by atoms with Gasteiger partial charge in [-0.05, 0) is 54.2 Å². The Hall–Kier alpha value is -1.62. The molecule has 0 amide bonds. The summed E-state index contributed by atoms with van der Waals surface area (Å²) in [5.41, 5.74) is 0.407. The lowest BCUT2D eigenvalue weighted by atomic mass is 9.91. The first-order valence-corrected chi connectivity index (χ1v) is 11.9. The zero-order valence-corrected chi connectivity index (χ0v) is 16.6. The molecule has 0 N–H and O–H groups in total. The molecule has 2 aromatic rings. The van der Waals surface area contributed by atoms with Gasteiger partial charge in [0.15, 0.2) is 11.6 Å². The van der Waals surface area contributed by atoms with Crippen LogP contribution >= 0.6 is 0 Å². The summed E-state index contributed by atoms with van der Waals surface area (Å²) < 4.78 is 55.8. The van der Waals surface area contributed by atoms with E-state index >= 15 is 0 Å². The van der Waals surface area contributed by atoms with E-state index in [1.807, 2.05) is 0 Å². The zero-order chi connectivity index (χ0) is 19.4. The predicted octanol–water partition coefficient (Wildman–Crippen LogP) is 7.47. The van der Waals surface area contributed by atoms with Crippen molar-refractivity contribution in [3.63, 3.8) is 0 Å². The van der Waals surface area contributed by atoms with E-state index in [4.69, 9.17) is 0 Å². The maximum absolute atomic E-state index is 14.6. The van der Waals surface area contributed by atoms with E-state index in [2.05, 4.69) is 6.92 Å². The topological polar surface area (TPSA) is 0 Å². The molecule has 3 rings (SSSR count). The van der Waals surface area contributed by atoms with Crippen LogP contribution in [0.1, 0.15) is 50.5 Å². The molecule has 0 atom stereocenters. The minimum absolute atomic E-state index is 0.0144. The summed E-state index contributed by atoms with van der Waals surface area (Å²) in [7, 11) is -0.304. The quantitative estimate of drug-likeness (QED) is 0.271. The van der Waals surface area contributed by atoms with Gasteiger partial charge in [-0.3, -0.25) is 0 Å². The third kappa shape index (κ3) is 4.81. The lowest BCUT2D eigenvalue weighted by Crippen LogP contribution is -2.20. The Kier molecular flexibility index (Phi) is 6.74. The van der Waals surface area contributed by atoms with Crippen molar-refractivity contribution in [3.8, 4) is 11.1 Å². The molecule has 5 heteroatoms. The van der Waals surface area contributed by atoms with Crippen LogP contribution in [0.2, 0.25) is 18.1 Å². The van der Waals surface area contributed by atoms with Crippen LogP contribution in [-0.2, 0) is 0 Å². The molecule has 0 bridgehead atoms. The van der Waals surface area contributed by atoms with E-state index < -0.39 is 23.3 Å². The summed E-state index contributed by atoms with van der Waals surface area (Å²) in [5.74, 6) is -3.38. The van der Waals surface area contributed by atoms with Gasteiger partial charge in [0.1, 0.15) is 11.6 Å². The highest BCUT2D eigenvalue weighted by atomic mass is 28.3. The second-order valence-electron chi connectivity index (χ2n) is 7.47. The Morgan fingerprint density at radius 3 is 2.11 bits per heavy atom. The number of benzene rings is 2. The average Bonchev–Trinajstić information content (AvgIpc) is 2.65. The van der Waals surface area contributed by atoms with Gasteiger partial charge in [0, 0.05) is 8.80 Å². The summed E-state index contributed by atoms with van der Waals surface area (Å²) in [6, 6.07) is 9.43. The molecule has 1 radical (unpaired) electrons. The molecule has 1 aliphatic heterocycles. The lowest BCUT2D eigenvalue weighted by molar-refractivity contribution is 0.508. The van der Waals surface area contributed by atoms with E-state index in [1.54, 1.807) is 0 Å². The summed E-state index contributed by atoms with van der Waals surface area (Å²) in [6.45, 7) is 2.21. The monoisotopic (exact) mass is 393 g/mol. The largest absolute Gasteiger partial charge is 0.206 e. The fourth-order valence-electron chi connectivity index (χ4n) is 3.99. The molecule has 0 spiro atoms. The maximum atomic E-state index is 14.6. The van der Waals surface area contributed by atoms with Crippen molar-refractivity contribution < 1.29 is 17.6 Å². The standard InChI is InChI=1S/C22H25F4Si/c1-2-3-4-9-27-10-7-15(8-11-27)17-13-20(25)22(21(26)14-17)16-5-6-18(23)19(24)12-16/h5-6,12-15H,2-4,7-11H2,1H3. The molecular formula is C22H25F4Si. The smallest absolute Gasteiger partial charge is 0.159 e. The number of hydrogen-bond donors (Lipinski definition) is 0. The zero-order valence-electron chi connectivity index (χ0n) is 15.6. The van der Waals surface area contributed by atoms with Crippen LogP contribution in [0.3, 0.4) is 0 Å². The molecule has 1 saturated heterocycles. The van der Waals surface area contributed by atoms with Crippen molar-refractivity contribution in [2.45, 2.75) is 63.1 Å². The molecule has 27 heavy (non-hydrogen) atoms. The molecule has 0 unspecified atom stereocenters. The Balaban J connectivity index is 1.73. The highest BCUT2D eigenvalue weighted by molar-refractivity contribution is 6.59. The van der Waals surface area contributed by atoms with Crippen molar-refractivity contribution in [2.75, 3.05) is 0 Å². The van der Waals surface area contributed by atoms with Gasteiger partial charge in [-0.15, -0.1) is 0 Å². The third-order valence-electron chi connectivity index (χ3n) is 5.57. The van der Waals surface area contributed by atoms with Gasteiger partial charge >= 0.3 is 0 Å². The maximum Gasteiger partial charge on any atom is 0.159 e. The number of hydrogen-bond acceptors (Lipinski definition) is 0. The molecule has 1 aliphatic rings. The highest BCUT2D eigenvalue weighted by Crippen LogP contribution is 2.38. The molecule has 0 saturated carbocycles. The van der Waals surface area contributed by atoms with Gasteiger partial charge < -0.3 is 0 Å². The number of rotatable bonds is 6. The van der Waals surface area contributed by atoms with E-state index in [9.17, 15) is 17.6 Å². The average molecular weight is 394 g/mol. The van der Waals surface area contributed by atoms with Crippen LogP contribution in [0.15, 0.2) is 30.3 Å². The van der Waals surface area contributed by atoms with Gasteiger partial charge in [-0.25, -0.2) is 17.6 Å². The minimum atomic E-state index is -1.11. The molecule has 0 aromatic heterocycles. The van der Waals surface area contributed by atoms with E-state index in [-0.39, 0.29) is 25.8 Å². The predicted molar refractivity (Wildman–Crippen MR) is 103 cm³/mol. The second kappa shape index (κ2) is 9.05. The van der Waals surface area contributed by atoms with Crippen molar-refractivity contribution in [3.05, 3.63) is 59.2 Å². The summed E-state index contributed by atoms with van der Waals surface area (Å²) in [5, 5.41) is 0. The molecular weight excluding hydrogens is 368 g/mol. The molecule has 2 aromatic carbocycles. The number of unbranched alkanes of at least 4 members (excludes halogenated alkanes) is 2. The van der Waals surface area contributed by atoms with Crippen LogP contribution < -0.4 is 0 Å². The van der Waals surface area contributed by atoms with Gasteiger partial charge in [0.05, 0.1) is 5.56 Å². The Labute approximate surface area is 160 Å². The summed E-state index contributed by atoms with van der Waals surface area (Å²) in [6.07, 6.45) is 5.81. The van der Waals surface area contributed by atoms with Crippen LogP contribution in [0.5, 0.6) is 0 Å². The Morgan fingerprint density at radius 2 is 1.52 bits per heavy atom. The molecule has 145 valence electrons. The molecule has 1 heterocycles. The fourth-order valence-corrected chi connectivity index (χ4v) is 7.00. The van der Waals surface area contributed by atoms with E-state index in [0.717, 1.165) is 25.0 Å². The van der Waals surface area contributed by atoms with Crippen LogP contribution in [0.4, 0.5) is 17.6 Å². The van der Waals surface area contributed by atoms with Crippen LogP contribution in [0, 0.1) is 23.3 Å². The van der Waals surface area contributed by atoms with Crippen LogP contribution in [0.25, 0.3) is 11.1 Å². The van der Waals surface area contributed by atoms with Gasteiger partial charge in [-0.1, -0.05) is 50.4 Å². The molecule has 1 fully saturated rings. The minimum Gasteiger partial charge on any atom is -0.206 e. The first-order valence-electron chi connectivity index (χ1n) is 9.77. The normalized spacial score (nSPS) is 16.0. The van der Waals surface area contributed by atoms with Crippen molar-refractivity contribution in [1.29, 1.82) is 0 Å². The highest BCUT2D eigenvalue weighted by Gasteiger charge is 2.25. The summed E-state index contributed by atoms with van der Waals surface area (Å²) in [4.78, 5) is 0. The van der Waals surface area contributed by atoms with Crippen LogP contribution in [-0.4, -0.2) is 8.80 Å². The SMILES string of the molecule is CCCCC[Si]1CCC(c2cc(F)c(-c3ccc(F)c(F)c3)c(F)c2)CC1. The first-order chi connectivity index (χ1) is 13.0. The van der Waals surface area contributed by atoms with Crippen molar-refractivity contribution in [1.82, 2.24) is 0 Å². The van der Waals surface area contributed by atoms with E-state index in [0.29, 0.717) is 5.56 Å². The Morgan fingerprint density at radius 1 is 0.852 bits per heavy atom.